The van der Waals surface area contributed by atoms with E-state index >= 15 is 0 Å². The van der Waals surface area contributed by atoms with Crippen molar-refractivity contribution in [2.45, 2.75) is 31.8 Å². The van der Waals surface area contributed by atoms with Crippen molar-refractivity contribution in [1.82, 2.24) is 15.2 Å². The van der Waals surface area contributed by atoms with Crippen molar-refractivity contribution in [3.05, 3.63) is 45.9 Å². The summed E-state index contributed by atoms with van der Waals surface area (Å²) < 4.78 is 5.27. The van der Waals surface area contributed by atoms with Crippen molar-refractivity contribution in [3.8, 4) is 11.1 Å². The molecule has 0 radical (unpaired) electrons. The Kier molecular flexibility index (Phi) is 5.75. The molecule has 3 aromatic rings. The number of rotatable bonds is 4. The maximum Gasteiger partial charge on any atom is 0.236 e. The zero-order valence-corrected chi connectivity index (χ0v) is 18.9. The van der Waals surface area contributed by atoms with Gasteiger partial charge in [-0.2, -0.15) is 0 Å². The first-order valence-electron chi connectivity index (χ1n) is 10.8. The number of carbonyl (C=O) groups is 1. The average molecular weight is 475 g/mol. The highest BCUT2D eigenvalue weighted by molar-refractivity contribution is 6.36. The first-order valence-corrected chi connectivity index (χ1v) is 11.5. The van der Waals surface area contributed by atoms with Gasteiger partial charge in [-0.15, -0.1) is 0 Å². The molecule has 3 heterocycles. The van der Waals surface area contributed by atoms with Gasteiger partial charge in [0, 0.05) is 42.0 Å². The first kappa shape index (κ1) is 21.5. The van der Waals surface area contributed by atoms with Gasteiger partial charge in [-0.3, -0.25) is 9.80 Å². The number of piperidine rings is 1. The molecule has 2 saturated heterocycles. The quantitative estimate of drug-likeness (QED) is 0.589. The average Bonchev–Trinajstić information content (AvgIpc) is 3.37. The van der Waals surface area contributed by atoms with E-state index < -0.39 is 6.10 Å². The van der Waals surface area contributed by atoms with Gasteiger partial charge in [0.1, 0.15) is 0 Å². The Morgan fingerprint density at radius 2 is 1.94 bits per heavy atom. The normalized spacial score (nSPS) is 22.2. The summed E-state index contributed by atoms with van der Waals surface area (Å²) in [6.07, 6.45) is 2.16. The van der Waals surface area contributed by atoms with Gasteiger partial charge in [0.25, 0.3) is 0 Å². The molecule has 7 nitrogen and oxygen atoms in total. The molecule has 1 amide bonds. The molecule has 1 aromatic heterocycles. The summed E-state index contributed by atoms with van der Waals surface area (Å²) in [6, 6.07) is 9.39. The molecular weight excluding hydrogens is 451 g/mol. The van der Waals surface area contributed by atoms with E-state index in [1.54, 1.807) is 0 Å². The lowest BCUT2D eigenvalue weighted by atomic mass is 9.88. The number of nitrogens with zero attached hydrogens (tertiary/aromatic N) is 3. The SMILES string of the molecule is Nc1noc2cc(-c3cc(Cl)c(CC4CN(N5CCCC5=O)CCC4O)c(Cl)c3)ccc12. The van der Waals surface area contributed by atoms with Crippen molar-refractivity contribution in [3.63, 3.8) is 0 Å². The third kappa shape index (κ3) is 3.94. The Bertz CT molecular complexity index is 1160. The van der Waals surface area contributed by atoms with Crippen LogP contribution in [0.15, 0.2) is 34.9 Å². The lowest BCUT2D eigenvalue weighted by Crippen LogP contribution is -2.52. The number of nitrogen functional groups attached to an aromatic ring is 1. The van der Waals surface area contributed by atoms with E-state index in [1.165, 1.54) is 0 Å². The smallest absolute Gasteiger partial charge is 0.236 e. The number of halogens is 2. The fourth-order valence-corrected chi connectivity index (χ4v) is 5.36. The van der Waals surface area contributed by atoms with Gasteiger partial charge >= 0.3 is 0 Å². The lowest BCUT2D eigenvalue weighted by molar-refractivity contribution is -0.150. The van der Waals surface area contributed by atoms with E-state index in [9.17, 15) is 9.90 Å². The van der Waals surface area contributed by atoms with Crippen LogP contribution in [0.5, 0.6) is 0 Å². The number of hydrogen-bond acceptors (Lipinski definition) is 6. The highest BCUT2D eigenvalue weighted by Gasteiger charge is 2.35. The topological polar surface area (TPSA) is 95.8 Å². The van der Waals surface area contributed by atoms with E-state index in [2.05, 4.69) is 10.2 Å². The molecule has 2 unspecified atom stereocenters. The summed E-state index contributed by atoms with van der Waals surface area (Å²) >= 11 is 13.3. The number of nitrogens with two attached hydrogens (primary N) is 1. The van der Waals surface area contributed by atoms with Gasteiger partial charge in [0.15, 0.2) is 11.4 Å². The van der Waals surface area contributed by atoms with E-state index in [0.29, 0.717) is 53.8 Å². The van der Waals surface area contributed by atoms with Gasteiger partial charge in [-0.1, -0.05) is 34.4 Å². The Morgan fingerprint density at radius 3 is 2.66 bits per heavy atom. The molecule has 0 saturated carbocycles. The fourth-order valence-electron chi connectivity index (χ4n) is 4.72. The van der Waals surface area contributed by atoms with Crippen LogP contribution in [0.3, 0.4) is 0 Å². The molecule has 32 heavy (non-hydrogen) atoms. The number of hydrazine groups is 1. The summed E-state index contributed by atoms with van der Waals surface area (Å²) in [7, 11) is 0. The van der Waals surface area contributed by atoms with E-state index in [-0.39, 0.29) is 11.8 Å². The summed E-state index contributed by atoms with van der Waals surface area (Å²) in [6.45, 7) is 2.03. The molecule has 3 N–H and O–H groups in total. The van der Waals surface area contributed by atoms with E-state index in [1.807, 2.05) is 35.3 Å². The number of anilines is 1. The molecule has 2 aliphatic heterocycles. The summed E-state index contributed by atoms with van der Waals surface area (Å²) in [4.78, 5) is 12.1. The Morgan fingerprint density at radius 1 is 1.16 bits per heavy atom. The standard InChI is InChI=1S/C23H24Cl2N4O3/c24-18-9-14(13-3-4-16-21(11-13)32-27-23(16)26)10-19(25)17(18)8-15-12-28(7-5-20(15)30)29-6-1-2-22(29)31/h3-4,9-11,15,20,30H,1-2,5-8,12H2,(H2,26,27). The molecule has 2 aliphatic rings. The van der Waals surface area contributed by atoms with E-state index in [4.69, 9.17) is 33.5 Å². The summed E-state index contributed by atoms with van der Waals surface area (Å²) in [5.41, 5.74) is 8.94. The lowest BCUT2D eigenvalue weighted by Gasteiger charge is -2.40. The second-order valence-electron chi connectivity index (χ2n) is 8.55. The van der Waals surface area contributed by atoms with Crippen LogP contribution in [0.4, 0.5) is 5.82 Å². The minimum Gasteiger partial charge on any atom is -0.393 e. The molecule has 2 atom stereocenters. The number of aromatic nitrogens is 1. The zero-order valence-electron chi connectivity index (χ0n) is 17.4. The zero-order chi connectivity index (χ0) is 22.4. The largest absolute Gasteiger partial charge is 0.393 e. The number of amides is 1. The Balaban J connectivity index is 1.38. The van der Waals surface area contributed by atoms with Crippen LogP contribution in [0.25, 0.3) is 22.1 Å². The molecular formula is C23H24Cl2N4O3. The predicted octanol–water partition coefficient (Wildman–Crippen LogP) is 4.15. The van der Waals surface area contributed by atoms with E-state index in [0.717, 1.165) is 35.0 Å². The molecule has 168 valence electrons. The molecule has 2 fully saturated rings. The predicted molar refractivity (Wildman–Crippen MR) is 124 cm³/mol. The number of fused-ring (bicyclic) bond motifs is 1. The van der Waals surface area contributed by atoms with Crippen LogP contribution >= 0.6 is 23.2 Å². The Hall–Kier alpha value is -2.32. The molecule has 2 aromatic carbocycles. The Labute approximate surface area is 195 Å². The maximum atomic E-state index is 12.1. The maximum absolute atomic E-state index is 12.1. The molecule has 0 spiro atoms. The second-order valence-corrected chi connectivity index (χ2v) is 9.36. The van der Waals surface area contributed by atoms with Gasteiger partial charge < -0.3 is 15.4 Å². The van der Waals surface area contributed by atoms with Crippen molar-refractivity contribution < 1.29 is 14.4 Å². The van der Waals surface area contributed by atoms with Crippen molar-refractivity contribution in [1.29, 1.82) is 0 Å². The number of aliphatic hydroxyl groups is 1. The summed E-state index contributed by atoms with van der Waals surface area (Å²) in [5.74, 6) is 0.450. The van der Waals surface area contributed by atoms with Gasteiger partial charge in [-0.05, 0) is 60.2 Å². The second kappa shape index (κ2) is 8.56. The van der Waals surface area contributed by atoms with Crippen LogP contribution in [-0.2, 0) is 11.2 Å². The van der Waals surface area contributed by atoms with Crippen LogP contribution in [0.1, 0.15) is 24.8 Å². The third-order valence-electron chi connectivity index (χ3n) is 6.50. The molecule has 9 heteroatoms. The van der Waals surface area contributed by atoms with Gasteiger partial charge in [0.05, 0.1) is 11.5 Å². The van der Waals surface area contributed by atoms with Crippen molar-refractivity contribution >= 4 is 45.9 Å². The monoisotopic (exact) mass is 474 g/mol. The minimum absolute atomic E-state index is 0.0634. The van der Waals surface area contributed by atoms with Gasteiger partial charge in [0.2, 0.25) is 5.91 Å². The fraction of sp³-hybridized carbons (Fsp3) is 0.391. The molecule has 5 rings (SSSR count). The van der Waals surface area contributed by atoms with Crippen molar-refractivity contribution in [2.75, 3.05) is 25.4 Å². The summed E-state index contributed by atoms with van der Waals surface area (Å²) in [5, 5.41) is 20.2. The minimum atomic E-state index is -0.463. The first-order chi connectivity index (χ1) is 15.4. The molecule has 0 bridgehead atoms. The number of hydrogen-bond donors (Lipinski definition) is 2. The highest BCUT2D eigenvalue weighted by atomic mass is 35.5. The van der Waals surface area contributed by atoms with Gasteiger partial charge in [-0.25, -0.2) is 5.01 Å². The van der Waals surface area contributed by atoms with Crippen molar-refractivity contribution in [2.24, 2.45) is 5.92 Å². The third-order valence-corrected chi connectivity index (χ3v) is 7.18. The van der Waals surface area contributed by atoms with Crippen LogP contribution in [-0.4, -0.2) is 51.9 Å². The number of carbonyl (C=O) groups excluding carboxylic acids is 1. The van der Waals surface area contributed by atoms with Crippen LogP contribution in [0, 0.1) is 5.92 Å². The number of aliphatic hydroxyl groups excluding tert-OH is 1. The van der Waals surface area contributed by atoms with Crippen LogP contribution < -0.4 is 5.73 Å². The highest BCUT2D eigenvalue weighted by Crippen LogP contribution is 2.36. The number of benzene rings is 2. The molecule has 0 aliphatic carbocycles. The van der Waals surface area contributed by atoms with Crippen LogP contribution in [0.2, 0.25) is 10.0 Å².